The number of pyridine rings is 1. The van der Waals surface area contributed by atoms with Gasteiger partial charge in [-0.25, -0.2) is 4.79 Å². The molecular formula is C17H28N2O3S. The highest BCUT2D eigenvalue weighted by molar-refractivity contribution is 7.99. The number of aliphatic hydroxyl groups is 1. The molecule has 6 heteroatoms. The summed E-state index contributed by atoms with van der Waals surface area (Å²) in [6.07, 6.45) is 4.26. The van der Waals surface area contributed by atoms with Gasteiger partial charge in [0.1, 0.15) is 0 Å². The summed E-state index contributed by atoms with van der Waals surface area (Å²) in [5.74, 6) is -0.0769. The fourth-order valence-electron chi connectivity index (χ4n) is 2.32. The summed E-state index contributed by atoms with van der Waals surface area (Å²) in [4.78, 5) is 16.8. The number of nitrogens with two attached hydrogens (primary N) is 1. The van der Waals surface area contributed by atoms with Crippen LogP contribution in [0.3, 0.4) is 0 Å². The van der Waals surface area contributed by atoms with E-state index in [1.165, 1.54) is 0 Å². The number of unbranched alkanes of at least 4 members (excludes halogenated alkanes) is 1. The number of carboxylic acids is 1. The average molecular weight is 340 g/mol. The molecule has 130 valence electrons. The molecule has 1 aromatic heterocycles. The van der Waals surface area contributed by atoms with Crippen LogP contribution in [0.4, 0.5) is 0 Å². The first-order valence-electron chi connectivity index (χ1n) is 8.08. The molecule has 2 unspecified atom stereocenters. The molecule has 0 saturated carbocycles. The van der Waals surface area contributed by atoms with E-state index in [-0.39, 0.29) is 12.3 Å². The molecule has 2 atom stereocenters. The monoisotopic (exact) mass is 340 g/mol. The lowest BCUT2D eigenvalue weighted by Crippen LogP contribution is -2.56. The third-order valence-electron chi connectivity index (χ3n) is 3.71. The smallest absolute Gasteiger partial charge is 0.337 e. The van der Waals surface area contributed by atoms with E-state index in [1.807, 2.05) is 26.0 Å². The van der Waals surface area contributed by atoms with Gasteiger partial charge < -0.3 is 15.9 Å². The molecule has 0 aliphatic heterocycles. The van der Waals surface area contributed by atoms with Gasteiger partial charge in [0.2, 0.25) is 0 Å². The summed E-state index contributed by atoms with van der Waals surface area (Å²) < 4.78 is 0. The third-order valence-corrected chi connectivity index (χ3v) is 4.79. The van der Waals surface area contributed by atoms with Gasteiger partial charge in [-0.15, -0.1) is 11.8 Å². The standard InChI is InChI=1S/C17H28N2O3S/c1-4-5-8-23-14-6-7-19-13(10-14)11-17(22,16(20)21)15(18)9-12(2)3/h6-7,10,12,15,22H,4-5,8-9,11,18H2,1-3H3,(H,20,21). The van der Waals surface area contributed by atoms with Crippen LogP contribution < -0.4 is 5.73 Å². The largest absolute Gasteiger partial charge is 0.479 e. The summed E-state index contributed by atoms with van der Waals surface area (Å²) in [6.45, 7) is 6.04. The molecule has 1 aromatic rings. The summed E-state index contributed by atoms with van der Waals surface area (Å²) in [6, 6.07) is 2.91. The molecule has 0 aliphatic rings. The number of thioether (sulfide) groups is 1. The van der Waals surface area contributed by atoms with Crippen LogP contribution in [0.2, 0.25) is 0 Å². The quantitative estimate of drug-likeness (QED) is 0.448. The van der Waals surface area contributed by atoms with E-state index in [0.717, 1.165) is 23.5 Å². The fourth-order valence-corrected chi connectivity index (χ4v) is 3.37. The SMILES string of the molecule is CCCCSc1ccnc(CC(O)(C(=O)O)C(N)CC(C)C)c1. The fraction of sp³-hybridized carbons (Fsp3) is 0.647. The van der Waals surface area contributed by atoms with Crippen molar-refractivity contribution in [3.63, 3.8) is 0 Å². The minimum atomic E-state index is -2.00. The maximum Gasteiger partial charge on any atom is 0.337 e. The Morgan fingerprint density at radius 2 is 2.17 bits per heavy atom. The number of hydrogen-bond donors (Lipinski definition) is 3. The van der Waals surface area contributed by atoms with Crippen LogP contribution in [0.15, 0.2) is 23.2 Å². The Labute approximate surface area is 142 Å². The minimum Gasteiger partial charge on any atom is -0.479 e. The molecule has 0 radical (unpaired) electrons. The lowest BCUT2D eigenvalue weighted by atomic mass is 9.84. The molecule has 23 heavy (non-hydrogen) atoms. The predicted molar refractivity (Wildman–Crippen MR) is 93.6 cm³/mol. The van der Waals surface area contributed by atoms with Crippen LogP contribution in [-0.4, -0.2) is 38.6 Å². The maximum absolute atomic E-state index is 11.6. The van der Waals surface area contributed by atoms with Gasteiger partial charge in [0.05, 0.1) is 0 Å². The minimum absolute atomic E-state index is 0.0849. The van der Waals surface area contributed by atoms with Crippen LogP contribution in [0, 0.1) is 5.92 Å². The summed E-state index contributed by atoms with van der Waals surface area (Å²) in [5.41, 5.74) is 4.53. The zero-order valence-corrected chi connectivity index (χ0v) is 15.0. The molecule has 4 N–H and O–H groups in total. The first-order chi connectivity index (χ1) is 10.8. The zero-order valence-electron chi connectivity index (χ0n) is 14.2. The highest BCUT2D eigenvalue weighted by atomic mass is 32.2. The Hall–Kier alpha value is -1.11. The Balaban J connectivity index is 2.88. The van der Waals surface area contributed by atoms with Crippen molar-refractivity contribution in [2.75, 3.05) is 5.75 Å². The molecule has 1 rings (SSSR count). The maximum atomic E-state index is 11.6. The Morgan fingerprint density at radius 3 is 2.74 bits per heavy atom. The lowest BCUT2D eigenvalue weighted by molar-refractivity contribution is -0.161. The molecule has 5 nitrogen and oxygen atoms in total. The first-order valence-corrected chi connectivity index (χ1v) is 9.07. The Kier molecular flexibility index (Phi) is 8.02. The van der Waals surface area contributed by atoms with E-state index < -0.39 is 17.6 Å². The number of rotatable bonds is 10. The van der Waals surface area contributed by atoms with Crippen molar-refractivity contribution in [1.82, 2.24) is 4.98 Å². The van der Waals surface area contributed by atoms with Gasteiger partial charge in [-0.05, 0) is 36.6 Å². The summed E-state index contributed by atoms with van der Waals surface area (Å²) in [5, 5.41) is 20.0. The van der Waals surface area contributed by atoms with E-state index in [4.69, 9.17) is 5.73 Å². The van der Waals surface area contributed by atoms with Crippen LogP contribution in [0.5, 0.6) is 0 Å². The zero-order chi connectivity index (χ0) is 17.5. The van der Waals surface area contributed by atoms with Crippen molar-refractivity contribution in [3.05, 3.63) is 24.0 Å². The second kappa shape index (κ2) is 9.25. The van der Waals surface area contributed by atoms with Gasteiger partial charge in [-0.3, -0.25) is 4.98 Å². The highest BCUT2D eigenvalue weighted by Gasteiger charge is 2.43. The van der Waals surface area contributed by atoms with Gasteiger partial charge in [0.15, 0.2) is 5.60 Å². The topological polar surface area (TPSA) is 96.4 Å². The average Bonchev–Trinajstić information content (AvgIpc) is 2.47. The molecule has 0 amide bonds. The molecule has 0 fully saturated rings. The number of hydrogen-bond acceptors (Lipinski definition) is 5. The van der Waals surface area contributed by atoms with Gasteiger partial charge in [-0.2, -0.15) is 0 Å². The van der Waals surface area contributed by atoms with Crippen molar-refractivity contribution in [2.45, 2.75) is 63.0 Å². The van der Waals surface area contributed by atoms with Crippen molar-refractivity contribution in [3.8, 4) is 0 Å². The number of carbonyl (C=O) groups is 1. The first kappa shape index (κ1) is 19.9. The van der Waals surface area contributed by atoms with Crippen LogP contribution in [0.1, 0.15) is 45.7 Å². The molecule has 0 bridgehead atoms. The van der Waals surface area contributed by atoms with Crippen LogP contribution in [0.25, 0.3) is 0 Å². The number of aromatic nitrogens is 1. The van der Waals surface area contributed by atoms with Gasteiger partial charge >= 0.3 is 5.97 Å². The van der Waals surface area contributed by atoms with Gasteiger partial charge in [0.25, 0.3) is 0 Å². The second-order valence-electron chi connectivity index (χ2n) is 6.33. The van der Waals surface area contributed by atoms with Crippen molar-refractivity contribution >= 4 is 17.7 Å². The normalized spacial score (nSPS) is 15.4. The Bertz CT molecular complexity index is 510. The molecule has 0 spiro atoms. The number of nitrogens with zero attached hydrogens (tertiary/aromatic N) is 1. The molecule has 0 aliphatic carbocycles. The summed E-state index contributed by atoms with van der Waals surface area (Å²) >= 11 is 1.71. The van der Waals surface area contributed by atoms with Gasteiger partial charge in [0, 0.05) is 29.2 Å². The van der Waals surface area contributed by atoms with E-state index in [9.17, 15) is 15.0 Å². The van der Waals surface area contributed by atoms with E-state index in [2.05, 4.69) is 11.9 Å². The lowest BCUT2D eigenvalue weighted by Gasteiger charge is -2.30. The Morgan fingerprint density at radius 1 is 1.48 bits per heavy atom. The number of carboxylic acid groups (broad SMARTS) is 1. The van der Waals surface area contributed by atoms with Crippen molar-refractivity contribution in [1.29, 1.82) is 0 Å². The van der Waals surface area contributed by atoms with Gasteiger partial charge in [-0.1, -0.05) is 27.2 Å². The van der Waals surface area contributed by atoms with Crippen molar-refractivity contribution in [2.24, 2.45) is 11.7 Å². The van der Waals surface area contributed by atoms with E-state index in [0.29, 0.717) is 12.1 Å². The van der Waals surface area contributed by atoms with E-state index in [1.54, 1.807) is 18.0 Å². The molecule has 0 aromatic carbocycles. The van der Waals surface area contributed by atoms with Crippen LogP contribution >= 0.6 is 11.8 Å². The molecular weight excluding hydrogens is 312 g/mol. The van der Waals surface area contributed by atoms with Crippen LogP contribution in [-0.2, 0) is 11.2 Å². The molecule has 0 saturated heterocycles. The predicted octanol–water partition coefficient (Wildman–Crippen LogP) is 2.71. The highest BCUT2D eigenvalue weighted by Crippen LogP contribution is 2.24. The third kappa shape index (κ3) is 6.12. The van der Waals surface area contributed by atoms with E-state index >= 15 is 0 Å². The number of aliphatic carboxylic acids is 1. The second-order valence-corrected chi connectivity index (χ2v) is 7.50. The molecule has 1 heterocycles. The van der Waals surface area contributed by atoms with Crippen molar-refractivity contribution < 1.29 is 15.0 Å². The summed E-state index contributed by atoms with van der Waals surface area (Å²) in [7, 11) is 0.